The van der Waals surface area contributed by atoms with E-state index in [0.29, 0.717) is 25.3 Å². The number of amides is 1. The highest BCUT2D eigenvalue weighted by Crippen LogP contribution is 2.29. The average molecular weight is 321 g/mol. The summed E-state index contributed by atoms with van der Waals surface area (Å²) in [5.41, 5.74) is 1.36. The molecule has 126 valence electrons. The molecule has 0 bridgehead atoms. The number of aliphatic carboxylic acids is 1. The second-order valence-electron chi connectivity index (χ2n) is 6.64. The Morgan fingerprint density at radius 3 is 2.61 bits per heavy atom. The summed E-state index contributed by atoms with van der Waals surface area (Å²) in [7, 11) is 0. The smallest absolute Gasteiger partial charge is 0.410 e. The minimum absolute atomic E-state index is 0.354. The first kappa shape index (κ1) is 17.1. The Balaban J connectivity index is 2.18. The van der Waals surface area contributed by atoms with E-state index in [1.165, 1.54) is 6.92 Å². The molecule has 1 N–H and O–H groups in total. The predicted octanol–water partition coefficient (Wildman–Crippen LogP) is 2.83. The summed E-state index contributed by atoms with van der Waals surface area (Å²) < 4.78 is 10.9. The molecule has 2 rings (SSSR count). The number of carbonyl (C=O) groups excluding carboxylic acids is 1. The third kappa shape index (κ3) is 4.37. The zero-order valence-electron chi connectivity index (χ0n) is 14.0. The summed E-state index contributed by atoms with van der Waals surface area (Å²) in [6.45, 7) is 7.88. The molecule has 0 spiro atoms. The van der Waals surface area contributed by atoms with Crippen LogP contribution in [-0.2, 0) is 22.5 Å². The number of hydrogen-bond donors (Lipinski definition) is 1. The SMILES string of the molecule is CC(Oc1cccc2c1CN(C(=O)OC(C)(C)C)CC2)C(=O)O. The maximum Gasteiger partial charge on any atom is 0.410 e. The molecule has 0 aliphatic carbocycles. The summed E-state index contributed by atoms with van der Waals surface area (Å²) in [6.07, 6.45) is -0.629. The maximum absolute atomic E-state index is 12.2. The van der Waals surface area contributed by atoms with Crippen LogP contribution in [0, 0.1) is 0 Å². The van der Waals surface area contributed by atoms with Gasteiger partial charge < -0.3 is 19.5 Å². The van der Waals surface area contributed by atoms with Crippen molar-refractivity contribution in [2.24, 2.45) is 0 Å². The summed E-state index contributed by atoms with van der Waals surface area (Å²) in [5, 5.41) is 9.01. The Hall–Kier alpha value is -2.24. The van der Waals surface area contributed by atoms with Gasteiger partial charge in [-0.2, -0.15) is 0 Å². The molecule has 1 aliphatic heterocycles. The fourth-order valence-corrected chi connectivity index (χ4v) is 2.38. The molecular weight excluding hydrogens is 298 g/mol. The lowest BCUT2D eigenvalue weighted by Gasteiger charge is -2.32. The number of fused-ring (bicyclic) bond motifs is 1. The van der Waals surface area contributed by atoms with Crippen LogP contribution in [0.1, 0.15) is 38.8 Å². The van der Waals surface area contributed by atoms with Crippen molar-refractivity contribution in [3.63, 3.8) is 0 Å². The average Bonchev–Trinajstić information content (AvgIpc) is 2.45. The van der Waals surface area contributed by atoms with Crippen molar-refractivity contribution in [1.82, 2.24) is 4.90 Å². The van der Waals surface area contributed by atoms with Crippen molar-refractivity contribution < 1.29 is 24.2 Å². The molecule has 6 heteroatoms. The second-order valence-corrected chi connectivity index (χ2v) is 6.64. The number of nitrogens with zero attached hydrogens (tertiary/aromatic N) is 1. The van der Waals surface area contributed by atoms with Gasteiger partial charge in [0, 0.05) is 12.1 Å². The minimum atomic E-state index is -1.03. The van der Waals surface area contributed by atoms with E-state index in [-0.39, 0.29) is 6.09 Å². The predicted molar refractivity (Wildman–Crippen MR) is 84.5 cm³/mol. The Bertz CT molecular complexity index is 605. The lowest BCUT2D eigenvalue weighted by Crippen LogP contribution is -2.40. The van der Waals surface area contributed by atoms with E-state index in [1.807, 2.05) is 32.9 Å². The highest BCUT2D eigenvalue weighted by Gasteiger charge is 2.28. The van der Waals surface area contributed by atoms with Crippen LogP contribution in [0.25, 0.3) is 0 Å². The van der Waals surface area contributed by atoms with Gasteiger partial charge in [-0.3, -0.25) is 0 Å². The highest BCUT2D eigenvalue weighted by atomic mass is 16.6. The van der Waals surface area contributed by atoms with Gasteiger partial charge in [0.05, 0.1) is 6.54 Å². The molecule has 1 unspecified atom stereocenters. The quantitative estimate of drug-likeness (QED) is 0.926. The number of hydrogen-bond acceptors (Lipinski definition) is 4. The zero-order chi connectivity index (χ0) is 17.2. The molecule has 1 aromatic carbocycles. The molecule has 0 aromatic heterocycles. The molecule has 6 nitrogen and oxygen atoms in total. The van der Waals surface area contributed by atoms with Gasteiger partial charge in [-0.05, 0) is 45.7 Å². The number of carbonyl (C=O) groups is 2. The minimum Gasteiger partial charge on any atom is -0.479 e. The fraction of sp³-hybridized carbons (Fsp3) is 0.529. The summed E-state index contributed by atoms with van der Waals surface area (Å²) in [4.78, 5) is 24.8. The first-order valence-electron chi connectivity index (χ1n) is 7.65. The monoisotopic (exact) mass is 321 g/mol. The molecule has 1 amide bonds. The number of carboxylic acid groups (broad SMARTS) is 1. The van der Waals surface area contributed by atoms with Crippen LogP contribution >= 0.6 is 0 Å². The molecule has 0 fully saturated rings. The second kappa shape index (κ2) is 6.48. The van der Waals surface area contributed by atoms with Crippen molar-refractivity contribution in [3.8, 4) is 5.75 Å². The third-order valence-electron chi connectivity index (χ3n) is 3.53. The Kier molecular flexibility index (Phi) is 4.82. The van der Waals surface area contributed by atoms with Crippen molar-refractivity contribution in [3.05, 3.63) is 29.3 Å². The van der Waals surface area contributed by atoms with E-state index in [1.54, 1.807) is 11.0 Å². The van der Waals surface area contributed by atoms with Crippen molar-refractivity contribution in [2.75, 3.05) is 6.54 Å². The summed E-state index contributed by atoms with van der Waals surface area (Å²) in [5.74, 6) is -0.520. The van der Waals surface area contributed by atoms with E-state index >= 15 is 0 Å². The molecule has 0 saturated heterocycles. The molecule has 0 radical (unpaired) electrons. The van der Waals surface area contributed by atoms with E-state index in [9.17, 15) is 9.59 Å². The first-order valence-corrected chi connectivity index (χ1v) is 7.65. The molecule has 0 saturated carbocycles. The third-order valence-corrected chi connectivity index (χ3v) is 3.53. The standard InChI is InChI=1S/C17H23NO5/c1-11(15(19)20)22-14-7-5-6-12-8-9-18(10-13(12)14)16(21)23-17(2,3)4/h5-7,11H,8-10H2,1-4H3,(H,19,20). The molecule has 1 aliphatic rings. The van der Waals surface area contributed by atoms with Gasteiger partial charge in [0.2, 0.25) is 0 Å². The molecular formula is C17H23NO5. The van der Waals surface area contributed by atoms with Crippen LogP contribution in [0.15, 0.2) is 18.2 Å². The van der Waals surface area contributed by atoms with E-state index in [0.717, 1.165) is 11.1 Å². The molecule has 1 aromatic rings. The van der Waals surface area contributed by atoms with Crippen LogP contribution in [0.2, 0.25) is 0 Å². The van der Waals surface area contributed by atoms with Gasteiger partial charge in [0.25, 0.3) is 0 Å². The van der Waals surface area contributed by atoms with Crippen LogP contribution in [-0.4, -0.2) is 40.3 Å². The van der Waals surface area contributed by atoms with Crippen molar-refractivity contribution in [2.45, 2.75) is 52.4 Å². The van der Waals surface area contributed by atoms with E-state index in [4.69, 9.17) is 14.6 Å². The number of benzene rings is 1. The number of carboxylic acids is 1. The van der Waals surface area contributed by atoms with Crippen LogP contribution < -0.4 is 4.74 Å². The van der Waals surface area contributed by atoms with Gasteiger partial charge in [0.15, 0.2) is 6.10 Å². The maximum atomic E-state index is 12.2. The summed E-state index contributed by atoms with van der Waals surface area (Å²) >= 11 is 0. The lowest BCUT2D eigenvalue weighted by molar-refractivity contribution is -0.144. The normalized spacial score (nSPS) is 15.6. The number of ether oxygens (including phenoxy) is 2. The Labute approximate surface area is 136 Å². The Morgan fingerprint density at radius 1 is 1.30 bits per heavy atom. The van der Waals surface area contributed by atoms with Gasteiger partial charge in [-0.1, -0.05) is 12.1 Å². The topological polar surface area (TPSA) is 76.1 Å². The largest absolute Gasteiger partial charge is 0.479 e. The molecule has 1 heterocycles. The fourth-order valence-electron chi connectivity index (χ4n) is 2.38. The molecule has 1 atom stereocenters. The number of rotatable bonds is 3. The van der Waals surface area contributed by atoms with Gasteiger partial charge >= 0.3 is 12.1 Å². The van der Waals surface area contributed by atoms with E-state index in [2.05, 4.69) is 0 Å². The first-order chi connectivity index (χ1) is 10.7. The zero-order valence-corrected chi connectivity index (χ0v) is 14.0. The highest BCUT2D eigenvalue weighted by molar-refractivity contribution is 5.72. The lowest BCUT2D eigenvalue weighted by atomic mass is 9.99. The molecule has 23 heavy (non-hydrogen) atoms. The van der Waals surface area contributed by atoms with E-state index < -0.39 is 17.7 Å². The van der Waals surface area contributed by atoms with Gasteiger partial charge in [-0.25, -0.2) is 9.59 Å². The van der Waals surface area contributed by atoms with Crippen LogP contribution in [0.5, 0.6) is 5.75 Å². The summed E-state index contributed by atoms with van der Waals surface area (Å²) in [6, 6.07) is 5.54. The van der Waals surface area contributed by atoms with Gasteiger partial charge in [0.1, 0.15) is 11.4 Å². The van der Waals surface area contributed by atoms with Crippen molar-refractivity contribution in [1.29, 1.82) is 0 Å². The Morgan fingerprint density at radius 2 is 2.00 bits per heavy atom. The van der Waals surface area contributed by atoms with Crippen LogP contribution in [0.4, 0.5) is 4.79 Å². The van der Waals surface area contributed by atoms with Crippen LogP contribution in [0.3, 0.4) is 0 Å². The van der Waals surface area contributed by atoms with Crippen molar-refractivity contribution >= 4 is 12.1 Å². The van der Waals surface area contributed by atoms with Gasteiger partial charge in [-0.15, -0.1) is 0 Å².